The number of rotatable bonds is 6. The smallest absolute Gasteiger partial charge is 0.0370 e. The van der Waals surface area contributed by atoms with Gasteiger partial charge in [-0.3, -0.25) is 0 Å². The van der Waals surface area contributed by atoms with Crippen LogP contribution in [0.4, 0.5) is 0 Å². The Kier molecular flexibility index (Phi) is 6.67. The van der Waals surface area contributed by atoms with Crippen molar-refractivity contribution in [1.29, 1.82) is 0 Å². The van der Waals surface area contributed by atoms with E-state index in [-0.39, 0.29) is 0 Å². The van der Waals surface area contributed by atoms with Crippen LogP contribution in [0.5, 0.6) is 0 Å². The number of hydrogen-bond acceptors (Lipinski definition) is 2. The monoisotopic (exact) mass is 183 g/mol. The molecule has 0 atom stereocenters. The van der Waals surface area contributed by atoms with Crippen LogP contribution >= 0.6 is 11.8 Å². The predicted octanol–water partition coefficient (Wildman–Crippen LogP) is 2.88. The fourth-order valence-electron chi connectivity index (χ4n) is 0.589. The predicted molar refractivity (Wildman–Crippen MR) is 59.2 cm³/mol. The lowest BCUT2D eigenvalue weighted by Crippen LogP contribution is -2.17. The number of thioether (sulfide) groups is 1. The molecule has 0 heterocycles. The van der Waals surface area contributed by atoms with Crippen LogP contribution in [0.2, 0.25) is 0 Å². The average Bonchev–Trinajstić information content (AvgIpc) is 2.10. The van der Waals surface area contributed by atoms with Crippen LogP contribution in [0, 0.1) is 0 Å². The topological polar surface area (TPSA) is 3.24 Å². The molecule has 0 N–H and O–H groups in total. The van der Waals surface area contributed by atoms with E-state index >= 15 is 0 Å². The maximum Gasteiger partial charge on any atom is 0.0370 e. The molecule has 0 spiro atoms. The fourth-order valence-corrected chi connectivity index (χ4v) is 1.32. The molecule has 0 saturated carbocycles. The van der Waals surface area contributed by atoms with Crippen LogP contribution in [0.25, 0.3) is 0 Å². The standard InChI is InChI=1S/C10H17NS/c1-5-7-8-12-9-10(3)11(4)6-2/h5,7-8H,1,3,6,9H2,2,4H3/b8-7-. The van der Waals surface area contributed by atoms with E-state index in [0.29, 0.717) is 0 Å². The molecule has 0 saturated heterocycles. The first-order valence-electron chi connectivity index (χ1n) is 4.00. The summed E-state index contributed by atoms with van der Waals surface area (Å²) in [6.07, 6.45) is 3.71. The zero-order valence-corrected chi connectivity index (χ0v) is 8.73. The summed E-state index contributed by atoms with van der Waals surface area (Å²) >= 11 is 1.74. The Morgan fingerprint density at radius 3 is 2.75 bits per heavy atom. The lowest BCUT2D eigenvalue weighted by molar-refractivity contribution is 0.447. The van der Waals surface area contributed by atoms with Gasteiger partial charge in [0.1, 0.15) is 0 Å². The maximum atomic E-state index is 3.97. The van der Waals surface area contributed by atoms with Crippen molar-refractivity contribution < 1.29 is 0 Å². The minimum absolute atomic E-state index is 0.953. The van der Waals surface area contributed by atoms with Gasteiger partial charge in [-0.15, -0.1) is 11.8 Å². The van der Waals surface area contributed by atoms with Crippen LogP contribution < -0.4 is 0 Å². The van der Waals surface area contributed by atoms with E-state index < -0.39 is 0 Å². The van der Waals surface area contributed by atoms with Gasteiger partial charge in [0.05, 0.1) is 0 Å². The molecule has 0 fully saturated rings. The van der Waals surface area contributed by atoms with Crippen LogP contribution in [0.3, 0.4) is 0 Å². The van der Waals surface area contributed by atoms with E-state index in [9.17, 15) is 0 Å². The minimum Gasteiger partial charge on any atom is -0.378 e. The summed E-state index contributed by atoms with van der Waals surface area (Å²) < 4.78 is 0. The number of hydrogen-bond donors (Lipinski definition) is 0. The van der Waals surface area contributed by atoms with Gasteiger partial charge in [-0.25, -0.2) is 0 Å². The third kappa shape index (κ3) is 5.08. The first-order valence-corrected chi connectivity index (χ1v) is 5.05. The zero-order chi connectivity index (χ0) is 9.40. The maximum absolute atomic E-state index is 3.97. The Morgan fingerprint density at radius 1 is 1.58 bits per heavy atom. The molecule has 0 aliphatic rings. The number of allylic oxidation sites excluding steroid dienone is 2. The molecule has 0 aromatic carbocycles. The Bertz CT molecular complexity index is 173. The van der Waals surface area contributed by atoms with Crippen molar-refractivity contribution in [2.45, 2.75) is 6.92 Å². The van der Waals surface area contributed by atoms with Crippen molar-refractivity contribution in [3.05, 3.63) is 36.4 Å². The molecule has 0 rings (SSSR count). The van der Waals surface area contributed by atoms with Gasteiger partial charge >= 0.3 is 0 Å². The van der Waals surface area contributed by atoms with Gasteiger partial charge in [0.15, 0.2) is 0 Å². The van der Waals surface area contributed by atoms with Crippen LogP contribution in [0.1, 0.15) is 6.92 Å². The first-order chi connectivity index (χ1) is 5.72. The molecule has 0 aliphatic carbocycles. The highest BCUT2D eigenvalue weighted by Crippen LogP contribution is 2.09. The van der Waals surface area contributed by atoms with Crippen molar-refractivity contribution in [3.8, 4) is 0 Å². The van der Waals surface area contributed by atoms with E-state index in [1.165, 1.54) is 0 Å². The molecule has 0 unspecified atom stereocenters. The van der Waals surface area contributed by atoms with Crippen molar-refractivity contribution >= 4 is 11.8 Å². The van der Waals surface area contributed by atoms with Crippen LogP contribution in [-0.4, -0.2) is 24.2 Å². The van der Waals surface area contributed by atoms with E-state index in [0.717, 1.165) is 18.0 Å². The van der Waals surface area contributed by atoms with Crippen molar-refractivity contribution in [1.82, 2.24) is 4.90 Å². The largest absolute Gasteiger partial charge is 0.378 e. The average molecular weight is 183 g/mol. The summed E-state index contributed by atoms with van der Waals surface area (Å²) in [6, 6.07) is 0. The molecule has 0 aromatic heterocycles. The van der Waals surface area contributed by atoms with Crippen molar-refractivity contribution in [2.24, 2.45) is 0 Å². The molecule has 12 heavy (non-hydrogen) atoms. The molecule has 0 aromatic rings. The fraction of sp³-hybridized carbons (Fsp3) is 0.400. The Morgan fingerprint density at radius 2 is 2.25 bits per heavy atom. The second-order valence-electron chi connectivity index (χ2n) is 2.46. The van der Waals surface area contributed by atoms with Gasteiger partial charge in [0, 0.05) is 25.0 Å². The second kappa shape index (κ2) is 7.04. The van der Waals surface area contributed by atoms with Crippen LogP contribution in [0.15, 0.2) is 36.4 Å². The van der Waals surface area contributed by atoms with Gasteiger partial charge in [-0.1, -0.05) is 25.3 Å². The molecule has 0 aliphatic heterocycles. The Balaban J connectivity index is 3.56. The number of nitrogens with zero attached hydrogens (tertiary/aromatic N) is 1. The van der Waals surface area contributed by atoms with E-state index in [1.54, 1.807) is 17.8 Å². The quantitative estimate of drug-likeness (QED) is 0.582. The van der Waals surface area contributed by atoms with E-state index in [1.807, 2.05) is 11.5 Å². The van der Waals surface area contributed by atoms with E-state index in [2.05, 4.69) is 32.0 Å². The minimum atomic E-state index is 0.953. The molecule has 2 heteroatoms. The SMILES string of the molecule is C=C/C=C\SCC(=C)N(C)CC. The van der Waals surface area contributed by atoms with Crippen LogP contribution in [-0.2, 0) is 0 Å². The summed E-state index contributed by atoms with van der Waals surface area (Å²) in [7, 11) is 2.06. The molecular weight excluding hydrogens is 166 g/mol. The summed E-state index contributed by atoms with van der Waals surface area (Å²) in [5, 5.41) is 2.03. The summed E-state index contributed by atoms with van der Waals surface area (Å²) in [4.78, 5) is 2.15. The lowest BCUT2D eigenvalue weighted by atomic mass is 10.5. The molecule has 1 nitrogen and oxygen atoms in total. The summed E-state index contributed by atoms with van der Waals surface area (Å²) in [5.74, 6) is 0.953. The zero-order valence-electron chi connectivity index (χ0n) is 7.92. The Hall–Kier alpha value is -0.630. The third-order valence-corrected chi connectivity index (χ3v) is 2.42. The highest BCUT2D eigenvalue weighted by atomic mass is 32.2. The van der Waals surface area contributed by atoms with Gasteiger partial charge in [-0.05, 0) is 12.3 Å². The molecule has 0 amide bonds. The van der Waals surface area contributed by atoms with Gasteiger partial charge in [0.25, 0.3) is 0 Å². The summed E-state index contributed by atoms with van der Waals surface area (Å²) in [6.45, 7) is 10.7. The normalized spacial score (nSPS) is 10.2. The summed E-state index contributed by atoms with van der Waals surface area (Å²) in [5.41, 5.74) is 1.16. The molecule has 0 radical (unpaired) electrons. The molecule has 0 bridgehead atoms. The highest BCUT2D eigenvalue weighted by molar-refractivity contribution is 8.02. The Labute approximate surface area is 79.8 Å². The van der Waals surface area contributed by atoms with Crippen molar-refractivity contribution in [2.75, 3.05) is 19.3 Å². The van der Waals surface area contributed by atoms with Gasteiger partial charge in [-0.2, -0.15) is 0 Å². The van der Waals surface area contributed by atoms with Gasteiger partial charge in [0.2, 0.25) is 0 Å². The lowest BCUT2D eigenvalue weighted by Gasteiger charge is -2.18. The van der Waals surface area contributed by atoms with Gasteiger partial charge < -0.3 is 4.90 Å². The highest BCUT2D eigenvalue weighted by Gasteiger charge is 1.96. The second-order valence-corrected chi connectivity index (χ2v) is 3.35. The molecule has 68 valence electrons. The first kappa shape index (κ1) is 11.4. The van der Waals surface area contributed by atoms with Crippen molar-refractivity contribution in [3.63, 3.8) is 0 Å². The van der Waals surface area contributed by atoms with E-state index in [4.69, 9.17) is 0 Å². The molecular formula is C10H17NS. The third-order valence-electron chi connectivity index (χ3n) is 1.57.